The molecule has 2 aromatic rings. The minimum Gasteiger partial charge on any atom is -0.486 e. The molecule has 0 unspecified atom stereocenters. The minimum atomic E-state index is -0.184. The van der Waals surface area contributed by atoms with E-state index < -0.39 is 0 Å². The number of nitrogens with one attached hydrogen (secondary N) is 2. The van der Waals surface area contributed by atoms with Crippen LogP contribution in [0.1, 0.15) is 32.8 Å². The van der Waals surface area contributed by atoms with Crippen LogP contribution in [0.3, 0.4) is 0 Å². The Morgan fingerprint density at radius 3 is 2.31 bits per heavy atom. The molecule has 1 aliphatic heterocycles. The van der Waals surface area contributed by atoms with Crippen molar-refractivity contribution in [1.29, 1.82) is 0 Å². The van der Waals surface area contributed by atoms with Crippen LogP contribution in [0.4, 0.5) is 0 Å². The van der Waals surface area contributed by atoms with Crippen molar-refractivity contribution >= 4 is 11.8 Å². The van der Waals surface area contributed by atoms with Gasteiger partial charge in [0.2, 0.25) is 0 Å². The van der Waals surface area contributed by atoms with Crippen LogP contribution < -0.4 is 20.1 Å². The average molecular weight is 355 g/mol. The van der Waals surface area contributed by atoms with Crippen LogP contribution >= 0.6 is 0 Å². The van der Waals surface area contributed by atoms with Gasteiger partial charge >= 0.3 is 0 Å². The molecule has 1 aromatic heterocycles. The van der Waals surface area contributed by atoms with E-state index in [4.69, 9.17) is 9.47 Å². The third kappa shape index (κ3) is 4.50. The normalized spacial score (nSPS) is 12.3. The van der Waals surface area contributed by atoms with Gasteiger partial charge in [0.25, 0.3) is 11.8 Å². The summed E-state index contributed by atoms with van der Waals surface area (Å²) in [5, 5.41) is 5.63. The average Bonchev–Trinajstić information content (AvgIpc) is 2.67. The number of aryl methyl sites for hydroxylation is 1. The zero-order valence-corrected chi connectivity index (χ0v) is 14.6. The van der Waals surface area contributed by atoms with E-state index in [-0.39, 0.29) is 11.8 Å². The van der Waals surface area contributed by atoms with Gasteiger partial charge in [-0.3, -0.25) is 14.6 Å². The van der Waals surface area contributed by atoms with E-state index in [0.29, 0.717) is 55.4 Å². The molecule has 26 heavy (non-hydrogen) atoms. The third-order valence-electron chi connectivity index (χ3n) is 3.90. The Hall–Kier alpha value is -3.09. The third-order valence-corrected chi connectivity index (χ3v) is 3.90. The number of carbonyl (C=O) groups is 2. The number of hydrogen-bond acceptors (Lipinski definition) is 5. The number of ether oxygens (including phenoxy) is 2. The number of rotatable bonds is 6. The highest BCUT2D eigenvalue weighted by Crippen LogP contribution is 2.30. The van der Waals surface area contributed by atoms with Gasteiger partial charge in [-0.2, -0.15) is 0 Å². The first-order chi connectivity index (χ1) is 12.6. The number of aromatic nitrogens is 1. The molecule has 7 nitrogen and oxygen atoms in total. The summed E-state index contributed by atoms with van der Waals surface area (Å²) in [6.45, 7) is 3.79. The number of pyridine rings is 1. The second kappa shape index (κ2) is 8.33. The van der Waals surface area contributed by atoms with Crippen molar-refractivity contribution in [2.24, 2.45) is 0 Å². The molecule has 0 spiro atoms. The molecule has 0 radical (unpaired) electrons. The molecule has 2 N–H and O–H groups in total. The quantitative estimate of drug-likeness (QED) is 0.770. The van der Waals surface area contributed by atoms with Crippen LogP contribution in [0.5, 0.6) is 11.5 Å². The number of benzene rings is 1. The Labute approximate surface area is 151 Å². The predicted octanol–water partition coefficient (Wildman–Crippen LogP) is 1.71. The van der Waals surface area contributed by atoms with Crippen molar-refractivity contribution in [1.82, 2.24) is 15.6 Å². The van der Waals surface area contributed by atoms with Gasteiger partial charge in [-0.05, 0) is 43.7 Å². The van der Waals surface area contributed by atoms with E-state index in [9.17, 15) is 9.59 Å². The lowest BCUT2D eigenvalue weighted by atomic mass is 10.2. The summed E-state index contributed by atoms with van der Waals surface area (Å²) in [5.41, 5.74) is 1.91. The molecule has 0 atom stereocenters. The maximum atomic E-state index is 12.2. The molecule has 1 aliphatic rings. The number of fused-ring (bicyclic) bond motifs is 1. The van der Waals surface area contributed by atoms with Crippen molar-refractivity contribution in [3.05, 3.63) is 53.3 Å². The van der Waals surface area contributed by atoms with Crippen molar-refractivity contribution < 1.29 is 19.1 Å². The monoisotopic (exact) mass is 355 g/mol. The SMILES string of the molecule is Cc1ccc(C(=O)NCCCNC(=O)c2ccc3c(c2)OCCO3)cn1. The van der Waals surface area contributed by atoms with Crippen LogP contribution in [0.2, 0.25) is 0 Å². The lowest BCUT2D eigenvalue weighted by molar-refractivity contribution is 0.0951. The number of nitrogens with zero attached hydrogens (tertiary/aromatic N) is 1. The van der Waals surface area contributed by atoms with Crippen molar-refractivity contribution in [3.8, 4) is 11.5 Å². The van der Waals surface area contributed by atoms with Crippen molar-refractivity contribution in [3.63, 3.8) is 0 Å². The van der Waals surface area contributed by atoms with Crippen LogP contribution in [-0.4, -0.2) is 43.1 Å². The van der Waals surface area contributed by atoms with Gasteiger partial charge in [-0.25, -0.2) is 0 Å². The molecule has 0 saturated carbocycles. The van der Waals surface area contributed by atoms with Crippen molar-refractivity contribution in [2.45, 2.75) is 13.3 Å². The molecule has 2 amide bonds. The van der Waals surface area contributed by atoms with E-state index in [1.54, 1.807) is 36.5 Å². The Kier molecular flexibility index (Phi) is 5.68. The number of amides is 2. The summed E-state index contributed by atoms with van der Waals surface area (Å²) in [4.78, 5) is 28.2. The lowest BCUT2D eigenvalue weighted by Gasteiger charge is -2.18. The van der Waals surface area contributed by atoms with Crippen molar-refractivity contribution in [2.75, 3.05) is 26.3 Å². The molecule has 0 bridgehead atoms. The Bertz CT molecular complexity index is 790. The van der Waals surface area contributed by atoms with Gasteiger partial charge in [0.15, 0.2) is 11.5 Å². The Balaban J connectivity index is 1.40. The van der Waals surface area contributed by atoms with Crippen LogP contribution in [0.15, 0.2) is 36.5 Å². The highest BCUT2D eigenvalue weighted by molar-refractivity contribution is 5.95. The highest BCUT2D eigenvalue weighted by Gasteiger charge is 2.14. The molecule has 7 heteroatoms. The smallest absolute Gasteiger partial charge is 0.252 e. The maximum absolute atomic E-state index is 12.2. The largest absolute Gasteiger partial charge is 0.486 e. The van der Waals surface area contributed by atoms with Gasteiger partial charge in [0.05, 0.1) is 5.56 Å². The standard InChI is InChI=1S/C19H21N3O4/c1-13-3-4-15(12-22-13)19(24)21-8-2-7-20-18(23)14-5-6-16-17(11-14)26-10-9-25-16/h3-6,11-12H,2,7-10H2,1H3,(H,20,23)(H,21,24). The molecule has 3 rings (SSSR count). The first kappa shape index (κ1) is 17.7. The molecule has 0 aliphatic carbocycles. The maximum Gasteiger partial charge on any atom is 0.252 e. The van der Waals surface area contributed by atoms with Crippen LogP contribution in [0, 0.1) is 6.92 Å². The fourth-order valence-electron chi connectivity index (χ4n) is 2.48. The molecular formula is C19H21N3O4. The Morgan fingerprint density at radius 2 is 1.62 bits per heavy atom. The number of carbonyl (C=O) groups excluding carboxylic acids is 2. The van der Waals surface area contributed by atoms with Crippen LogP contribution in [-0.2, 0) is 0 Å². The van der Waals surface area contributed by atoms with E-state index >= 15 is 0 Å². The predicted molar refractivity (Wildman–Crippen MR) is 95.7 cm³/mol. The van der Waals surface area contributed by atoms with Gasteiger partial charge in [0, 0.05) is 30.5 Å². The van der Waals surface area contributed by atoms with E-state index in [0.717, 1.165) is 5.69 Å². The van der Waals surface area contributed by atoms with E-state index in [1.807, 2.05) is 6.92 Å². The molecule has 1 aromatic carbocycles. The summed E-state index contributed by atoms with van der Waals surface area (Å²) in [6, 6.07) is 8.65. The molecular weight excluding hydrogens is 334 g/mol. The fourth-order valence-corrected chi connectivity index (χ4v) is 2.48. The molecule has 0 saturated heterocycles. The van der Waals surface area contributed by atoms with Gasteiger partial charge in [0.1, 0.15) is 13.2 Å². The molecule has 136 valence electrons. The topological polar surface area (TPSA) is 89.6 Å². The number of hydrogen-bond donors (Lipinski definition) is 2. The van der Waals surface area contributed by atoms with E-state index in [2.05, 4.69) is 15.6 Å². The lowest BCUT2D eigenvalue weighted by Crippen LogP contribution is -2.30. The zero-order chi connectivity index (χ0) is 18.4. The van der Waals surface area contributed by atoms with Gasteiger partial charge in [-0.1, -0.05) is 0 Å². The zero-order valence-electron chi connectivity index (χ0n) is 14.6. The highest BCUT2D eigenvalue weighted by atomic mass is 16.6. The van der Waals surface area contributed by atoms with E-state index in [1.165, 1.54) is 0 Å². The fraction of sp³-hybridized carbons (Fsp3) is 0.316. The summed E-state index contributed by atoms with van der Waals surface area (Å²) in [6.07, 6.45) is 2.18. The second-order valence-corrected chi connectivity index (χ2v) is 5.91. The first-order valence-electron chi connectivity index (χ1n) is 8.52. The second-order valence-electron chi connectivity index (χ2n) is 5.91. The Morgan fingerprint density at radius 1 is 0.962 bits per heavy atom. The summed E-state index contributed by atoms with van der Waals surface area (Å²) >= 11 is 0. The van der Waals surface area contributed by atoms with Gasteiger partial charge < -0.3 is 20.1 Å². The molecule has 2 heterocycles. The summed E-state index contributed by atoms with van der Waals surface area (Å²) in [5.74, 6) is 0.885. The summed E-state index contributed by atoms with van der Waals surface area (Å²) < 4.78 is 10.9. The minimum absolute atomic E-state index is 0.171. The van der Waals surface area contributed by atoms with Gasteiger partial charge in [-0.15, -0.1) is 0 Å². The summed E-state index contributed by atoms with van der Waals surface area (Å²) in [7, 11) is 0. The van der Waals surface area contributed by atoms with Crippen LogP contribution in [0.25, 0.3) is 0 Å². The molecule has 0 fully saturated rings. The first-order valence-corrected chi connectivity index (χ1v) is 8.52.